The molecule has 1 fully saturated rings. The Morgan fingerprint density at radius 2 is 1.88 bits per heavy atom. The Morgan fingerprint density at radius 3 is 2.50 bits per heavy atom. The molecule has 0 bridgehead atoms. The molecule has 0 radical (unpaired) electrons. The number of amides is 2. The molecule has 0 aliphatic carbocycles. The van der Waals surface area contributed by atoms with Crippen LogP contribution in [0.2, 0.25) is 0 Å². The van der Waals surface area contributed by atoms with Crippen LogP contribution in [0.5, 0.6) is 5.88 Å². The number of aromatic amines is 1. The Labute approximate surface area is 248 Å². The molecule has 0 saturated carbocycles. The van der Waals surface area contributed by atoms with Crippen LogP contribution in [0.15, 0.2) is 39.1 Å². The van der Waals surface area contributed by atoms with Crippen LogP contribution in [0, 0.1) is 6.92 Å². The van der Waals surface area contributed by atoms with Crippen LogP contribution in [0.3, 0.4) is 0 Å². The molecular weight excluding hydrogens is 556 g/mol. The fourth-order valence-electron chi connectivity index (χ4n) is 5.44. The first-order valence-corrected chi connectivity index (χ1v) is 14.7. The highest BCUT2D eigenvalue weighted by molar-refractivity contribution is 7.13. The number of thiazole rings is 1. The zero-order valence-corrected chi connectivity index (χ0v) is 25.7. The molecule has 2 amide bonds. The van der Waals surface area contributed by atoms with Crippen molar-refractivity contribution in [1.82, 2.24) is 35.4 Å². The number of nitrogens with one attached hydrogen (secondary N) is 3. The predicted molar refractivity (Wildman–Crippen MR) is 162 cm³/mol. The van der Waals surface area contributed by atoms with Crippen LogP contribution < -0.4 is 21.1 Å². The SMILES string of the molecule is CCNC(=O)Nc1cc(-c2nc(C)cs2)c(-c2cc(-c3n[nH]c(=O)o3)cnc2OC2CC(C)(C)N(C)C(C)(C)C2)cn1. The van der Waals surface area contributed by atoms with Crippen LogP contribution >= 0.6 is 11.3 Å². The smallest absolute Gasteiger partial charge is 0.434 e. The van der Waals surface area contributed by atoms with Crippen molar-refractivity contribution in [2.24, 2.45) is 0 Å². The number of carbonyl (C=O) groups is 1. The van der Waals surface area contributed by atoms with E-state index < -0.39 is 5.76 Å². The van der Waals surface area contributed by atoms with E-state index in [2.05, 4.69) is 65.5 Å². The van der Waals surface area contributed by atoms with Crippen LogP contribution in [-0.4, -0.2) is 66.9 Å². The van der Waals surface area contributed by atoms with Crippen molar-refractivity contribution in [3.05, 3.63) is 46.2 Å². The maximum atomic E-state index is 12.3. The number of likely N-dealkylation sites (tertiary alicyclic amines) is 1. The summed E-state index contributed by atoms with van der Waals surface area (Å²) in [6.07, 6.45) is 4.75. The molecule has 0 unspecified atom stereocenters. The van der Waals surface area contributed by atoms with E-state index in [0.717, 1.165) is 29.1 Å². The largest absolute Gasteiger partial charge is 0.474 e. The molecule has 0 spiro atoms. The third-order valence-electron chi connectivity index (χ3n) is 7.71. The van der Waals surface area contributed by atoms with Gasteiger partial charge in [0, 0.05) is 70.6 Å². The van der Waals surface area contributed by atoms with Crippen molar-refractivity contribution in [1.29, 1.82) is 0 Å². The van der Waals surface area contributed by atoms with E-state index in [4.69, 9.17) is 19.1 Å². The molecule has 1 saturated heterocycles. The third kappa shape index (κ3) is 6.07. The minimum Gasteiger partial charge on any atom is -0.474 e. The lowest BCUT2D eigenvalue weighted by Crippen LogP contribution is -2.60. The summed E-state index contributed by atoms with van der Waals surface area (Å²) in [5.74, 6) is 0.231. The van der Waals surface area contributed by atoms with Gasteiger partial charge in [-0.1, -0.05) is 0 Å². The normalized spacial score (nSPS) is 16.7. The lowest BCUT2D eigenvalue weighted by molar-refractivity contribution is -0.0565. The standard InChI is InChI=1S/C29H36N8O4S/c1-8-30-26(38)34-22-10-20(25-33-16(2)15-42-25)21(14-31-22)19-9-17(23-35-36-27(39)41-23)13-32-24(19)40-18-11-28(3,4)37(7)29(5,6)12-18/h9-10,13-15,18H,8,11-12H2,1-7H3,(H,36,39)(H2,30,31,34,38). The highest BCUT2D eigenvalue weighted by Crippen LogP contribution is 2.43. The van der Waals surface area contributed by atoms with Crippen LogP contribution in [0.4, 0.5) is 10.6 Å². The monoisotopic (exact) mass is 592 g/mol. The number of H-pyrrole nitrogens is 1. The topological polar surface area (TPSA) is 151 Å². The summed E-state index contributed by atoms with van der Waals surface area (Å²) in [6.45, 7) is 13.1. The molecule has 4 aromatic rings. The van der Waals surface area contributed by atoms with Crippen molar-refractivity contribution in [3.8, 4) is 39.0 Å². The Hall–Kier alpha value is -4.10. The molecule has 5 rings (SSSR count). The molecule has 0 atom stereocenters. The maximum Gasteiger partial charge on any atom is 0.434 e. The fourth-order valence-corrected chi connectivity index (χ4v) is 6.27. The average molecular weight is 593 g/mol. The Kier molecular flexibility index (Phi) is 7.90. The Bertz CT molecular complexity index is 1640. The molecule has 1 aliphatic heterocycles. The number of rotatable bonds is 7. The van der Waals surface area contributed by atoms with Crippen LogP contribution in [0.1, 0.15) is 53.2 Å². The van der Waals surface area contributed by atoms with Gasteiger partial charge >= 0.3 is 11.8 Å². The first-order valence-electron chi connectivity index (χ1n) is 13.8. The second kappa shape index (κ2) is 11.3. The highest BCUT2D eigenvalue weighted by Gasteiger charge is 2.44. The summed E-state index contributed by atoms with van der Waals surface area (Å²) < 4.78 is 11.9. The van der Waals surface area contributed by atoms with E-state index in [1.54, 1.807) is 18.5 Å². The summed E-state index contributed by atoms with van der Waals surface area (Å²) in [5.41, 5.74) is 3.24. The van der Waals surface area contributed by atoms with Gasteiger partial charge < -0.3 is 14.5 Å². The van der Waals surface area contributed by atoms with E-state index in [1.165, 1.54) is 11.3 Å². The van der Waals surface area contributed by atoms with Gasteiger partial charge in [0.1, 0.15) is 16.9 Å². The van der Waals surface area contributed by atoms with E-state index in [1.807, 2.05) is 25.3 Å². The number of hydrogen-bond donors (Lipinski definition) is 3. The highest BCUT2D eigenvalue weighted by atomic mass is 32.1. The summed E-state index contributed by atoms with van der Waals surface area (Å²) in [6, 6.07) is 3.26. The quantitative estimate of drug-likeness (QED) is 0.266. The molecule has 13 heteroatoms. The Morgan fingerprint density at radius 1 is 1.14 bits per heavy atom. The number of anilines is 1. The minimum atomic E-state index is -0.663. The molecule has 3 N–H and O–H groups in total. The van der Waals surface area contributed by atoms with Gasteiger partial charge in [-0.15, -0.1) is 16.4 Å². The number of carbonyl (C=O) groups excluding carboxylic acids is 1. The molecule has 222 valence electrons. The molecular formula is C29H36N8O4S. The van der Waals surface area contributed by atoms with Gasteiger partial charge in [0.15, 0.2) is 0 Å². The van der Waals surface area contributed by atoms with Crippen LogP contribution in [-0.2, 0) is 0 Å². The number of ether oxygens (including phenoxy) is 1. The number of pyridine rings is 2. The second-order valence-electron chi connectivity index (χ2n) is 11.7. The number of hydrogen-bond acceptors (Lipinski definition) is 10. The van der Waals surface area contributed by atoms with Gasteiger partial charge in [-0.25, -0.2) is 29.6 Å². The molecule has 0 aromatic carbocycles. The third-order valence-corrected chi connectivity index (χ3v) is 8.70. The lowest BCUT2D eigenvalue weighted by Gasteiger charge is -2.53. The van der Waals surface area contributed by atoms with Crippen LogP contribution in [0.25, 0.3) is 33.2 Å². The molecule has 4 aromatic heterocycles. The van der Waals surface area contributed by atoms with Gasteiger partial charge in [-0.2, -0.15) is 0 Å². The summed E-state index contributed by atoms with van der Waals surface area (Å²) in [7, 11) is 2.15. The Balaban J connectivity index is 1.64. The van der Waals surface area contributed by atoms with Gasteiger partial charge in [-0.05, 0) is 60.7 Å². The second-order valence-corrected chi connectivity index (χ2v) is 12.6. The molecule has 42 heavy (non-hydrogen) atoms. The summed E-state index contributed by atoms with van der Waals surface area (Å²) in [5, 5.41) is 14.5. The maximum absolute atomic E-state index is 12.3. The van der Waals surface area contributed by atoms with Gasteiger partial charge in [0.2, 0.25) is 5.88 Å². The number of aromatic nitrogens is 5. The van der Waals surface area contributed by atoms with E-state index in [9.17, 15) is 9.59 Å². The molecule has 1 aliphatic rings. The number of nitrogens with zero attached hydrogens (tertiary/aromatic N) is 5. The fraction of sp³-hybridized carbons (Fsp3) is 0.448. The van der Waals surface area contributed by atoms with Crippen molar-refractivity contribution in [2.45, 2.75) is 71.6 Å². The predicted octanol–water partition coefficient (Wildman–Crippen LogP) is 5.09. The number of aryl methyl sites for hydroxylation is 1. The number of urea groups is 1. The molecule has 5 heterocycles. The lowest BCUT2D eigenvalue weighted by atomic mass is 9.78. The average Bonchev–Trinajstić information content (AvgIpc) is 3.55. The minimum absolute atomic E-state index is 0.0948. The van der Waals surface area contributed by atoms with Gasteiger partial charge in [0.05, 0.1) is 5.56 Å². The first kappa shape index (κ1) is 29.4. The van der Waals surface area contributed by atoms with Crippen molar-refractivity contribution >= 4 is 23.2 Å². The summed E-state index contributed by atoms with van der Waals surface area (Å²) in [4.78, 5) is 40.4. The van der Waals surface area contributed by atoms with E-state index >= 15 is 0 Å². The van der Waals surface area contributed by atoms with E-state index in [0.29, 0.717) is 34.9 Å². The number of piperidine rings is 1. The van der Waals surface area contributed by atoms with Crippen molar-refractivity contribution in [3.63, 3.8) is 0 Å². The van der Waals surface area contributed by atoms with Gasteiger partial charge in [0.25, 0.3) is 5.89 Å². The first-order chi connectivity index (χ1) is 19.9. The zero-order chi connectivity index (χ0) is 30.2. The van der Waals surface area contributed by atoms with Gasteiger partial charge in [-0.3, -0.25) is 10.2 Å². The van der Waals surface area contributed by atoms with E-state index in [-0.39, 0.29) is 29.1 Å². The van der Waals surface area contributed by atoms with Crippen molar-refractivity contribution < 1.29 is 13.9 Å². The molecule has 12 nitrogen and oxygen atoms in total. The van der Waals surface area contributed by atoms with Crippen molar-refractivity contribution in [2.75, 3.05) is 18.9 Å². The summed E-state index contributed by atoms with van der Waals surface area (Å²) >= 11 is 1.48. The zero-order valence-electron chi connectivity index (χ0n) is 24.9.